The van der Waals surface area contributed by atoms with Gasteiger partial charge in [0.1, 0.15) is 52.6 Å². The molecule has 0 atom stereocenters. The smallest absolute Gasteiger partial charge is 0.181 e. The number of nitrogens with zero attached hydrogens (tertiary/aromatic N) is 20. The number of benzene rings is 5. The van der Waals surface area contributed by atoms with E-state index in [0.29, 0.717) is 154 Å². The zero-order chi connectivity index (χ0) is 67.2. The molecule has 0 unspecified atom stereocenters. The van der Waals surface area contributed by atoms with Crippen LogP contribution >= 0.6 is 11.8 Å². The maximum atomic E-state index is 8.27. The number of piperazine rings is 1. The van der Waals surface area contributed by atoms with Crippen molar-refractivity contribution in [3.05, 3.63) is 176 Å². The summed E-state index contributed by atoms with van der Waals surface area (Å²) in [5.74, 6) is 4.59. The molecule has 0 bridgehead atoms. The molecule has 3 fully saturated rings. The summed E-state index contributed by atoms with van der Waals surface area (Å²) in [5.41, 5.74) is 14.9. The summed E-state index contributed by atoms with van der Waals surface area (Å²) >= 11 is 1.62. The highest BCUT2D eigenvalue weighted by atomic mass is 32.2. The molecule has 28 heteroatoms. The average Bonchev–Trinajstić information content (AvgIpc) is 0.820. The van der Waals surface area contributed by atoms with Crippen molar-refractivity contribution in [2.45, 2.75) is 41.9 Å². The maximum absolute atomic E-state index is 8.27. The fourth-order valence-corrected chi connectivity index (χ4v) is 16.2. The fourth-order valence-electron chi connectivity index (χ4n) is 15.0. The van der Waals surface area contributed by atoms with Crippen molar-refractivity contribution in [3.8, 4) is 79.4 Å². The molecular formula is C74H60N24O3S. The van der Waals surface area contributed by atoms with Crippen molar-refractivity contribution >= 4 is 90.5 Å². The zero-order valence-corrected chi connectivity index (χ0v) is 55.5. The Bertz CT molecular complexity index is 5600. The van der Waals surface area contributed by atoms with Crippen molar-refractivity contribution in [2.75, 3.05) is 85.6 Å². The predicted octanol–water partition coefficient (Wildman–Crippen LogP) is 12.1. The number of fused-ring (bicyclic) bond motifs is 7. The van der Waals surface area contributed by atoms with Crippen LogP contribution in [0.15, 0.2) is 174 Å². The number of rotatable bonds is 12. The molecule has 0 amide bonds. The van der Waals surface area contributed by atoms with E-state index >= 15 is 0 Å². The van der Waals surface area contributed by atoms with Gasteiger partial charge in [-0.3, -0.25) is 15.1 Å². The molecule has 4 N–H and O–H groups in total. The zero-order valence-electron chi connectivity index (χ0n) is 54.7. The first kappa shape index (κ1) is 59.6. The predicted molar refractivity (Wildman–Crippen MR) is 387 cm³/mol. The topological polar surface area (TPSA) is 292 Å². The summed E-state index contributed by atoms with van der Waals surface area (Å²) in [6.07, 6.45) is 25.6. The van der Waals surface area contributed by atoms with Gasteiger partial charge in [-0.1, -0.05) is 60.3 Å². The number of hydrogen-bond acceptors (Lipinski definition) is 26. The van der Waals surface area contributed by atoms with Gasteiger partial charge in [0, 0.05) is 140 Å². The molecule has 27 nitrogen and oxygen atoms in total. The summed E-state index contributed by atoms with van der Waals surface area (Å²) in [4.78, 5) is 55.6. The lowest BCUT2D eigenvalue weighted by Crippen LogP contribution is -2.47. The number of hydrazone groups is 1. The van der Waals surface area contributed by atoms with E-state index in [1.807, 2.05) is 72.1 Å². The van der Waals surface area contributed by atoms with Crippen LogP contribution in [0.1, 0.15) is 49.1 Å². The fraction of sp³-hybridized carbons (Fsp3) is 0.203. The summed E-state index contributed by atoms with van der Waals surface area (Å²) in [7, 11) is 0. The third-order valence-corrected chi connectivity index (χ3v) is 20.7. The number of aromatic nitrogens is 16. The van der Waals surface area contributed by atoms with Crippen LogP contribution < -0.4 is 34.9 Å². The standard InChI is InChI=1S/C74H60N24O3S/c1-6-28-94(29-7-1)65-58(72-81-40-51-70(88-72)79-24-22-77-51)57(73-87-52-39-76-41-82-71(52)89-73)59(66-45(15-10-35-99-66)63-74(80-25-23-78-63)96-30-11-31-98(96)97-32-20-50(93-97)60-47(38-85-91-60)48-17-9-21-83-90-48)69-68(65)101-67-55(102-69)36-46(44-14-8-19-54-61(44)86-49-16-4-5-18-53(49)100-54)56(64(67)95-33-26-75-27-34-95)62-43-13-3-2-12-42(43)37-84-92-62/h2-5,8-10,12-19,21-25,36-41,75,86H,1,6-7,11,20,26-35H2,(H,85,91)(H,76,82,87,89). The number of hydrogen-bond donors (Lipinski definition) is 4. The van der Waals surface area contributed by atoms with Crippen LogP contribution in [0.5, 0.6) is 23.0 Å². The van der Waals surface area contributed by atoms with Gasteiger partial charge in [0.05, 0.1) is 74.6 Å². The van der Waals surface area contributed by atoms with Crippen molar-refractivity contribution in [1.29, 1.82) is 0 Å². The molecule has 3 saturated heterocycles. The molecule has 15 heterocycles. The highest BCUT2D eigenvalue weighted by molar-refractivity contribution is 7.99. The molecule has 7 aliphatic heterocycles. The van der Waals surface area contributed by atoms with Gasteiger partial charge in [0.25, 0.3) is 0 Å². The van der Waals surface area contributed by atoms with Gasteiger partial charge < -0.3 is 39.6 Å². The van der Waals surface area contributed by atoms with E-state index < -0.39 is 0 Å². The number of piperidine rings is 1. The Labute approximate surface area is 585 Å². The van der Waals surface area contributed by atoms with E-state index in [0.717, 1.165) is 121 Å². The van der Waals surface area contributed by atoms with E-state index in [1.165, 1.54) is 6.33 Å². The van der Waals surface area contributed by atoms with E-state index in [9.17, 15) is 0 Å². The lowest BCUT2D eigenvalue weighted by Gasteiger charge is -2.39. The lowest BCUT2D eigenvalue weighted by molar-refractivity contribution is -0.00211. The average molecular weight is 1370 g/mol. The van der Waals surface area contributed by atoms with Gasteiger partial charge >= 0.3 is 0 Å². The van der Waals surface area contributed by atoms with Crippen LogP contribution in [-0.4, -0.2) is 162 Å². The van der Waals surface area contributed by atoms with E-state index in [4.69, 9.17) is 64.4 Å². The molecule has 102 heavy (non-hydrogen) atoms. The lowest BCUT2D eigenvalue weighted by atomic mass is 9.90. The summed E-state index contributed by atoms with van der Waals surface area (Å²) in [6.45, 7) is 6.24. The van der Waals surface area contributed by atoms with Crippen LogP contribution in [0.2, 0.25) is 0 Å². The normalized spacial score (nSPS) is 16.5. The molecule has 0 spiro atoms. The highest BCUT2D eigenvalue weighted by Gasteiger charge is 2.43. The highest BCUT2D eigenvalue weighted by Crippen LogP contribution is 2.65. The maximum Gasteiger partial charge on any atom is 0.181 e. The Hall–Kier alpha value is -12.4. The number of para-hydroxylation sites is 3. The second-order valence-corrected chi connectivity index (χ2v) is 26.5. The second-order valence-electron chi connectivity index (χ2n) is 25.5. The Balaban J connectivity index is 0.863. The molecule has 5 aromatic carbocycles. The van der Waals surface area contributed by atoms with Crippen molar-refractivity contribution < 1.29 is 14.2 Å². The Morgan fingerprint density at radius 3 is 2.41 bits per heavy atom. The van der Waals surface area contributed by atoms with Gasteiger partial charge in [0.2, 0.25) is 0 Å². The molecule has 7 aliphatic rings. The first-order valence-electron chi connectivity index (χ1n) is 34.2. The number of hydrazine groups is 2. The first-order chi connectivity index (χ1) is 50.6. The minimum Gasteiger partial charge on any atom is -0.488 e. The summed E-state index contributed by atoms with van der Waals surface area (Å²) in [5, 5.41) is 47.2. The molecule has 0 saturated carbocycles. The molecule has 0 aliphatic carbocycles. The van der Waals surface area contributed by atoms with Gasteiger partial charge in [-0.05, 0) is 79.8 Å². The SMILES string of the molecule is C1=CC(c2nccnc2N2CCCN2N2CCC(c3n[nH]cc3-c3cccnn3)=N2)=C(c2c3c(c(N4CCCCC4)c(-c4ncc5nccnc5n4)c2-c2nc4ncncc4[nH]2)Oc2c(cc(-c4cccc5c4Nc4ccccc4O5)c(-c4nncc5ccccc45)c2N2CCNCC2)S3)OC1. The number of anilines is 5. The molecule has 20 rings (SSSR count). The largest absolute Gasteiger partial charge is 0.488 e. The van der Waals surface area contributed by atoms with Gasteiger partial charge in [-0.25, -0.2) is 45.0 Å². The monoisotopic (exact) mass is 1360 g/mol. The Morgan fingerprint density at radius 1 is 0.608 bits per heavy atom. The van der Waals surface area contributed by atoms with E-state index in [-0.39, 0.29) is 6.61 Å². The van der Waals surface area contributed by atoms with Gasteiger partial charge in [-0.2, -0.15) is 25.5 Å². The number of allylic oxidation sites excluding steroid dienone is 2. The van der Waals surface area contributed by atoms with Crippen LogP contribution in [0.4, 0.5) is 28.6 Å². The van der Waals surface area contributed by atoms with Crippen LogP contribution in [-0.2, 0) is 4.74 Å². The number of imidazole rings is 1. The quantitative estimate of drug-likeness (QED) is 0.0883. The summed E-state index contributed by atoms with van der Waals surface area (Å²) < 4.78 is 22.5. The molecule has 0 radical (unpaired) electrons. The van der Waals surface area contributed by atoms with E-state index in [2.05, 4.69) is 108 Å². The number of ether oxygens (including phenoxy) is 3. The molecular weight excluding hydrogens is 1310 g/mol. The minimum atomic E-state index is 0.205. The molecule has 500 valence electrons. The van der Waals surface area contributed by atoms with Gasteiger partial charge in [0.15, 0.2) is 45.9 Å². The van der Waals surface area contributed by atoms with Crippen LogP contribution in [0.3, 0.4) is 0 Å². The Morgan fingerprint density at radius 2 is 1.48 bits per heavy atom. The van der Waals surface area contributed by atoms with Crippen LogP contribution in [0.25, 0.3) is 101 Å². The second kappa shape index (κ2) is 24.8. The van der Waals surface area contributed by atoms with Crippen molar-refractivity contribution in [2.24, 2.45) is 5.10 Å². The molecule has 13 aromatic rings. The Kier molecular flexibility index (Phi) is 14.5. The van der Waals surface area contributed by atoms with Gasteiger partial charge in [-0.15, -0.1) is 10.2 Å². The third-order valence-electron chi connectivity index (χ3n) is 19.5. The summed E-state index contributed by atoms with van der Waals surface area (Å²) in [6, 6.07) is 28.6. The third kappa shape index (κ3) is 10.1. The minimum absolute atomic E-state index is 0.205. The number of H-pyrrole nitrogens is 2. The number of nitrogens with one attached hydrogen (secondary N) is 4. The van der Waals surface area contributed by atoms with E-state index in [1.54, 1.807) is 55.1 Å². The molecule has 8 aromatic heterocycles. The number of aromatic amines is 2. The van der Waals surface area contributed by atoms with Crippen LogP contribution in [0, 0.1) is 0 Å². The van der Waals surface area contributed by atoms with Crippen molar-refractivity contribution in [3.63, 3.8) is 0 Å². The van der Waals surface area contributed by atoms with Crippen molar-refractivity contribution in [1.82, 2.24) is 96.0 Å². The first-order valence-corrected chi connectivity index (χ1v) is 35.0.